The second-order valence-corrected chi connectivity index (χ2v) is 9.33. The first-order valence-electron chi connectivity index (χ1n) is 11.5. The molecule has 0 aliphatic carbocycles. The zero-order valence-electron chi connectivity index (χ0n) is 19.9. The van der Waals surface area contributed by atoms with E-state index in [4.69, 9.17) is 0 Å². The molecule has 174 valence electrons. The van der Waals surface area contributed by atoms with Crippen molar-refractivity contribution in [2.45, 2.75) is 19.4 Å². The Morgan fingerprint density at radius 3 is 2.56 bits per heavy atom. The molecule has 0 spiro atoms. The molecule has 1 aliphatic heterocycles. The summed E-state index contributed by atoms with van der Waals surface area (Å²) in [6.45, 7) is 4.73. The standard InChI is InChI=1S/C26H37FN4O/c1-28(2)15-16-31(26(32)22-11-7-12-24(17-22)29(3)4)19-21-9-8-14-30(18-21)20-23-10-5-6-13-25(23)27/h5-7,10-13,17,21H,8-9,14-16,18-20H2,1-4H3/t21-/m1/s1. The summed E-state index contributed by atoms with van der Waals surface area (Å²) in [5, 5.41) is 0. The Balaban J connectivity index is 1.69. The number of rotatable bonds is 9. The first-order valence-corrected chi connectivity index (χ1v) is 11.5. The van der Waals surface area contributed by atoms with E-state index in [0.29, 0.717) is 19.0 Å². The highest BCUT2D eigenvalue weighted by Crippen LogP contribution is 2.22. The number of halogens is 1. The van der Waals surface area contributed by atoms with E-state index in [2.05, 4.69) is 9.80 Å². The van der Waals surface area contributed by atoms with Crippen LogP contribution < -0.4 is 4.90 Å². The van der Waals surface area contributed by atoms with Gasteiger partial charge in [0.25, 0.3) is 5.91 Å². The first-order chi connectivity index (χ1) is 15.3. The van der Waals surface area contributed by atoms with Gasteiger partial charge >= 0.3 is 0 Å². The second-order valence-electron chi connectivity index (χ2n) is 9.33. The van der Waals surface area contributed by atoms with Crippen molar-refractivity contribution >= 4 is 11.6 Å². The molecule has 3 rings (SSSR count). The lowest BCUT2D eigenvalue weighted by atomic mass is 9.96. The van der Waals surface area contributed by atoms with Gasteiger partial charge in [-0.15, -0.1) is 0 Å². The average molecular weight is 441 g/mol. The van der Waals surface area contributed by atoms with E-state index in [9.17, 15) is 9.18 Å². The van der Waals surface area contributed by atoms with Crippen LogP contribution in [0.25, 0.3) is 0 Å². The fourth-order valence-electron chi connectivity index (χ4n) is 4.32. The molecule has 5 nitrogen and oxygen atoms in total. The predicted molar refractivity (Wildman–Crippen MR) is 130 cm³/mol. The predicted octanol–water partition coefficient (Wildman–Crippen LogP) is 3.81. The van der Waals surface area contributed by atoms with E-state index >= 15 is 0 Å². The maximum Gasteiger partial charge on any atom is 0.253 e. The van der Waals surface area contributed by atoms with Crippen molar-refractivity contribution in [3.8, 4) is 0 Å². The zero-order valence-corrected chi connectivity index (χ0v) is 19.9. The Morgan fingerprint density at radius 2 is 1.84 bits per heavy atom. The summed E-state index contributed by atoms with van der Waals surface area (Å²) in [4.78, 5) is 21.9. The van der Waals surface area contributed by atoms with E-state index in [1.807, 2.05) is 74.4 Å². The van der Waals surface area contributed by atoms with E-state index in [-0.39, 0.29) is 11.7 Å². The van der Waals surface area contributed by atoms with Crippen molar-refractivity contribution in [3.05, 3.63) is 65.5 Å². The second kappa shape index (κ2) is 11.4. The van der Waals surface area contributed by atoms with Gasteiger partial charge in [-0.25, -0.2) is 4.39 Å². The number of anilines is 1. The molecule has 1 fully saturated rings. The van der Waals surface area contributed by atoms with Gasteiger partial charge in [-0.2, -0.15) is 0 Å². The van der Waals surface area contributed by atoms with Gasteiger partial charge in [-0.3, -0.25) is 9.69 Å². The first kappa shape index (κ1) is 24.2. The average Bonchev–Trinajstić information content (AvgIpc) is 2.78. The van der Waals surface area contributed by atoms with Crippen LogP contribution in [0.2, 0.25) is 0 Å². The van der Waals surface area contributed by atoms with E-state index in [1.54, 1.807) is 6.07 Å². The van der Waals surface area contributed by atoms with E-state index in [0.717, 1.165) is 55.8 Å². The fourth-order valence-corrected chi connectivity index (χ4v) is 4.32. The number of likely N-dealkylation sites (N-methyl/N-ethyl adjacent to an activating group) is 1. The summed E-state index contributed by atoms with van der Waals surface area (Å²) < 4.78 is 14.1. The van der Waals surface area contributed by atoms with Crippen LogP contribution in [0.15, 0.2) is 48.5 Å². The SMILES string of the molecule is CN(C)CCN(C[C@@H]1CCCN(Cc2ccccc2F)C1)C(=O)c1cccc(N(C)C)c1. The maximum atomic E-state index is 14.1. The number of amides is 1. The molecule has 1 amide bonds. The summed E-state index contributed by atoms with van der Waals surface area (Å²) >= 11 is 0. The normalized spacial score (nSPS) is 16.9. The molecule has 0 unspecified atom stereocenters. The monoisotopic (exact) mass is 440 g/mol. The minimum absolute atomic E-state index is 0.0850. The molecule has 0 radical (unpaired) electrons. The van der Waals surface area contributed by atoms with Crippen LogP contribution in [0.5, 0.6) is 0 Å². The number of likely N-dealkylation sites (tertiary alicyclic amines) is 1. The van der Waals surface area contributed by atoms with Crippen LogP contribution in [0, 0.1) is 11.7 Å². The number of piperidine rings is 1. The molecular formula is C26H37FN4O. The highest BCUT2D eigenvalue weighted by molar-refractivity contribution is 5.95. The number of hydrogen-bond acceptors (Lipinski definition) is 4. The van der Waals surface area contributed by atoms with Crippen LogP contribution in [0.1, 0.15) is 28.8 Å². The summed E-state index contributed by atoms with van der Waals surface area (Å²) in [7, 11) is 8.04. The topological polar surface area (TPSA) is 30.0 Å². The molecule has 1 aliphatic rings. The van der Waals surface area contributed by atoms with Crippen molar-refractivity contribution in [2.75, 3.05) is 65.8 Å². The zero-order chi connectivity index (χ0) is 23.1. The summed E-state index contributed by atoms with van der Waals surface area (Å²) in [6, 6.07) is 14.9. The van der Waals surface area contributed by atoms with Crippen molar-refractivity contribution in [2.24, 2.45) is 5.92 Å². The number of benzene rings is 2. The Kier molecular flexibility index (Phi) is 8.65. The largest absolute Gasteiger partial charge is 0.378 e. The van der Waals surface area contributed by atoms with Crippen molar-refractivity contribution in [3.63, 3.8) is 0 Å². The van der Waals surface area contributed by atoms with Gasteiger partial charge in [0.1, 0.15) is 5.82 Å². The van der Waals surface area contributed by atoms with Gasteiger partial charge in [-0.05, 0) is 63.7 Å². The molecule has 2 aromatic carbocycles. The summed E-state index contributed by atoms with van der Waals surface area (Å²) in [5.74, 6) is 0.332. The van der Waals surface area contributed by atoms with Gasteiger partial charge in [-0.1, -0.05) is 24.3 Å². The molecular weight excluding hydrogens is 403 g/mol. The molecule has 0 aromatic heterocycles. The Labute approximate surface area is 192 Å². The third-order valence-corrected chi connectivity index (χ3v) is 6.15. The van der Waals surface area contributed by atoms with Crippen LogP contribution in [0.4, 0.5) is 10.1 Å². The number of nitrogens with zero attached hydrogens (tertiary/aromatic N) is 4. The third-order valence-electron chi connectivity index (χ3n) is 6.15. The van der Waals surface area contributed by atoms with Crippen LogP contribution in [-0.4, -0.2) is 81.5 Å². The fraction of sp³-hybridized carbons (Fsp3) is 0.500. The highest BCUT2D eigenvalue weighted by Gasteiger charge is 2.25. The summed E-state index contributed by atoms with van der Waals surface area (Å²) in [6.07, 6.45) is 2.17. The van der Waals surface area contributed by atoms with Crippen LogP contribution in [0.3, 0.4) is 0 Å². The number of hydrogen-bond donors (Lipinski definition) is 0. The van der Waals surface area contributed by atoms with Crippen molar-refractivity contribution in [1.29, 1.82) is 0 Å². The quantitative estimate of drug-likeness (QED) is 0.593. The Hall–Kier alpha value is -2.44. The number of carbonyl (C=O) groups excluding carboxylic acids is 1. The number of carbonyl (C=O) groups is 1. The van der Waals surface area contributed by atoms with Gasteiger partial charge < -0.3 is 14.7 Å². The lowest BCUT2D eigenvalue weighted by Crippen LogP contribution is -2.44. The molecule has 1 heterocycles. The smallest absolute Gasteiger partial charge is 0.253 e. The molecule has 0 N–H and O–H groups in total. The summed E-state index contributed by atoms with van der Waals surface area (Å²) in [5.41, 5.74) is 2.50. The van der Waals surface area contributed by atoms with Gasteiger partial charge in [0.2, 0.25) is 0 Å². The van der Waals surface area contributed by atoms with Gasteiger partial charge in [0.05, 0.1) is 0 Å². The van der Waals surface area contributed by atoms with Gasteiger partial charge in [0, 0.05) is 63.6 Å². The molecule has 1 atom stereocenters. The lowest BCUT2D eigenvalue weighted by molar-refractivity contribution is 0.0660. The molecule has 6 heteroatoms. The van der Waals surface area contributed by atoms with Gasteiger partial charge in [0.15, 0.2) is 0 Å². The minimum atomic E-state index is -0.141. The van der Waals surface area contributed by atoms with Crippen LogP contribution in [-0.2, 0) is 6.54 Å². The molecule has 0 bridgehead atoms. The lowest BCUT2D eigenvalue weighted by Gasteiger charge is -2.36. The Morgan fingerprint density at radius 1 is 1.06 bits per heavy atom. The third kappa shape index (κ3) is 6.78. The molecule has 0 saturated carbocycles. The van der Waals surface area contributed by atoms with E-state index < -0.39 is 0 Å². The molecule has 2 aromatic rings. The van der Waals surface area contributed by atoms with E-state index in [1.165, 1.54) is 6.07 Å². The van der Waals surface area contributed by atoms with Crippen molar-refractivity contribution < 1.29 is 9.18 Å². The molecule has 1 saturated heterocycles. The maximum absolute atomic E-state index is 14.1. The highest BCUT2D eigenvalue weighted by atomic mass is 19.1. The Bertz CT molecular complexity index is 886. The molecule has 32 heavy (non-hydrogen) atoms. The van der Waals surface area contributed by atoms with Crippen LogP contribution >= 0.6 is 0 Å². The minimum Gasteiger partial charge on any atom is -0.378 e. The van der Waals surface area contributed by atoms with Crippen molar-refractivity contribution in [1.82, 2.24) is 14.7 Å².